The average Bonchev–Trinajstić information content (AvgIpc) is 2.78. The fourth-order valence-corrected chi connectivity index (χ4v) is 4.22. The molecule has 0 saturated heterocycles. The van der Waals surface area contributed by atoms with Crippen LogP contribution < -0.4 is 5.56 Å². The molecule has 4 aromatic rings. The highest BCUT2D eigenvalue weighted by Gasteiger charge is 2.26. The Balaban J connectivity index is 1.82. The molecule has 0 aliphatic rings. The molecule has 0 N–H and O–H groups in total. The molecule has 1 heterocycles. The Bertz CT molecular complexity index is 1340. The van der Waals surface area contributed by atoms with E-state index in [1.54, 1.807) is 30.1 Å². The van der Waals surface area contributed by atoms with Crippen molar-refractivity contribution in [2.45, 2.75) is 26.3 Å². The number of carbonyl (C=O) groups is 1. The van der Waals surface area contributed by atoms with Gasteiger partial charge in [-0.2, -0.15) is 0 Å². The van der Waals surface area contributed by atoms with Crippen LogP contribution >= 0.6 is 11.6 Å². The molecule has 1 aromatic heterocycles. The van der Waals surface area contributed by atoms with Crippen LogP contribution in [0.5, 0.6) is 0 Å². The highest BCUT2D eigenvalue weighted by atomic mass is 35.5. The number of hydrogen-bond acceptors (Lipinski definition) is 3. The second kappa shape index (κ2) is 8.52. The van der Waals surface area contributed by atoms with Crippen molar-refractivity contribution in [2.24, 2.45) is 7.05 Å². The first-order chi connectivity index (χ1) is 14.9. The maximum atomic E-state index is 13.7. The number of amides is 1. The Morgan fingerprint density at radius 1 is 1.10 bits per heavy atom. The highest BCUT2D eigenvalue weighted by molar-refractivity contribution is 6.31. The van der Waals surface area contributed by atoms with E-state index in [0.29, 0.717) is 33.9 Å². The number of aromatic nitrogens is 2. The van der Waals surface area contributed by atoms with Gasteiger partial charge in [0.25, 0.3) is 11.5 Å². The van der Waals surface area contributed by atoms with Crippen molar-refractivity contribution in [1.29, 1.82) is 0 Å². The normalized spacial score (nSPS) is 12.3. The van der Waals surface area contributed by atoms with E-state index in [-0.39, 0.29) is 11.5 Å². The molecule has 0 spiro atoms. The maximum Gasteiger partial charge on any atom is 0.261 e. The third kappa shape index (κ3) is 3.81. The van der Waals surface area contributed by atoms with E-state index < -0.39 is 6.04 Å². The maximum absolute atomic E-state index is 13.7. The number of benzene rings is 3. The molecular weight excluding hydrogens is 410 g/mol. The van der Waals surface area contributed by atoms with Crippen molar-refractivity contribution in [1.82, 2.24) is 14.5 Å². The molecule has 31 heavy (non-hydrogen) atoms. The lowest BCUT2D eigenvalue weighted by Gasteiger charge is -2.30. The van der Waals surface area contributed by atoms with E-state index in [2.05, 4.69) is 0 Å². The minimum absolute atomic E-state index is 0.0772. The van der Waals surface area contributed by atoms with E-state index in [1.165, 1.54) is 4.57 Å². The molecule has 3 aromatic carbocycles. The van der Waals surface area contributed by atoms with Gasteiger partial charge in [0.2, 0.25) is 0 Å². The summed E-state index contributed by atoms with van der Waals surface area (Å²) in [4.78, 5) is 33.1. The largest absolute Gasteiger partial charge is 0.329 e. The molecule has 0 bridgehead atoms. The van der Waals surface area contributed by atoms with Gasteiger partial charge in [0, 0.05) is 24.2 Å². The van der Waals surface area contributed by atoms with E-state index >= 15 is 0 Å². The van der Waals surface area contributed by atoms with E-state index in [0.717, 1.165) is 17.2 Å². The molecule has 0 radical (unpaired) electrons. The fourth-order valence-electron chi connectivity index (χ4n) is 4.05. The second-order valence-electron chi connectivity index (χ2n) is 7.70. The summed E-state index contributed by atoms with van der Waals surface area (Å²) in [6.45, 7) is 4.49. The molecule has 0 aliphatic heterocycles. The van der Waals surface area contributed by atoms with Gasteiger partial charge in [-0.25, -0.2) is 4.98 Å². The van der Waals surface area contributed by atoms with E-state index in [4.69, 9.17) is 16.6 Å². The zero-order valence-corrected chi connectivity index (χ0v) is 18.6. The average molecular weight is 434 g/mol. The standard InChI is InChI=1S/C25H24ClN3O2/c1-4-14-29(25(31)20-11-7-9-17-8-5-6-10-19(17)20)16(2)23-27-22-15-18(26)12-13-21(22)24(30)28(23)3/h5-13,15-16H,4,14H2,1-3H3. The monoisotopic (exact) mass is 433 g/mol. The number of nitrogens with zero attached hydrogens (tertiary/aromatic N) is 3. The molecular formula is C25H24ClN3O2. The Morgan fingerprint density at radius 3 is 2.61 bits per heavy atom. The first-order valence-electron chi connectivity index (χ1n) is 10.4. The summed E-state index contributed by atoms with van der Waals surface area (Å²) >= 11 is 6.13. The van der Waals surface area contributed by atoms with Crippen LogP contribution in [0.1, 0.15) is 42.5 Å². The van der Waals surface area contributed by atoms with Crippen LogP contribution in [-0.4, -0.2) is 26.9 Å². The Hall–Kier alpha value is -3.18. The lowest BCUT2D eigenvalue weighted by molar-refractivity contribution is 0.0682. The molecule has 0 fully saturated rings. The lowest BCUT2D eigenvalue weighted by atomic mass is 10.0. The molecule has 1 amide bonds. The molecule has 158 valence electrons. The van der Waals surface area contributed by atoms with Crippen molar-refractivity contribution in [2.75, 3.05) is 6.54 Å². The van der Waals surface area contributed by atoms with Gasteiger partial charge in [-0.3, -0.25) is 14.2 Å². The van der Waals surface area contributed by atoms with Crippen LogP contribution in [0.2, 0.25) is 5.02 Å². The summed E-state index contributed by atoms with van der Waals surface area (Å²) in [7, 11) is 1.70. The zero-order valence-electron chi connectivity index (χ0n) is 17.8. The van der Waals surface area contributed by atoms with Crippen molar-refractivity contribution < 1.29 is 4.79 Å². The van der Waals surface area contributed by atoms with Crippen molar-refractivity contribution >= 4 is 39.2 Å². The van der Waals surface area contributed by atoms with Crippen LogP contribution in [0.25, 0.3) is 21.7 Å². The Labute approximate surface area is 185 Å². The lowest BCUT2D eigenvalue weighted by Crippen LogP contribution is -2.37. The summed E-state index contributed by atoms with van der Waals surface area (Å²) in [6.07, 6.45) is 0.786. The van der Waals surface area contributed by atoms with Crippen molar-refractivity contribution in [3.8, 4) is 0 Å². The second-order valence-corrected chi connectivity index (χ2v) is 8.13. The molecule has 1 atom stereocenters. The molecule has 0 saturated carbocycles. The van der Waals surface area contributed by atoms with Gasteiger partial charge in [-0.15, -0.1) is 0 Å². The molecule has 0 aliphatic carbocycles. The quantitative estimate of drug-likeness (QED) is 0.426. The van der Waals surface area contributed by atoms with Crippen molar-refractivity contribution in [3.63, 3.8) is 0 Å². The number of carbonyl (C=O) groups excluding carboxylic acids is 1. The third-order valence-corrected chi connectivity index (χ3v) is 5.90. The summed E-state index contributed by atoms with van der Waals surface area (Å²) in [5.41, 5.74) is 1.02. The van der Waals surface area contributed by atoms with E-state index in [9.17, 15) is 9.59 Å². The molecule has 5 nitrogen and oxygen atoms in total. The smallest absolute Gasteiger partial charge is 0.261 e. The van der Waals surface area contributed by atoms with E-state index in [1.807, 2.05) is 56.3 Å². The molecule has 1 unspecified atom stereocenters. The number of rotatable bonds is 5. The van der Waals surface area contributed by atoms with Crippen LogP contribution in [0, 0.1) is 0 Å². The first kappa shape index (κ1) is 21.1. The minimum Gasteiger partial charge on any atom is -0.329 e. The summed E-state index contributed by atoms with van der Waals surface area (Å²) < 4.78 is 1.53. The molecule has 4 rings (SSSR count). The van der Waals surface area contributed by atoms with Gasteiger partial charge in [0.15, 0.2) is 0 Å². The zero-order chi connectivity index (χ0) is 22.1. The minimum atomic E-state index is -0.396. The van der Waals surface area contributed by atoms with Crippen LogP contribution in [-0.2, 0) is 7.05 Å². The van der Waals surface area contributed by atoms with Gasteiger partial charge in [0.1, 0.15) is 5.82 Å². The number of hydrogen-bond donors (Lipinski definition) is 0. The van der Waals surface area contributed by atoms with Crippen molar-refractivity contribution in [3.05, 3.63) is 87.4 Å². The van der Waals surface area contributed by atoms with Gasteiger partial charge in [-0.05, 0) is 48.4 Å². The number of fused-ring (bicyclic) bond motifs is 2. The third-order valence-electron chi connectivity index (χ3n) is 5.66. The Morgan fingerprint density at radius 2 is 1.84 bits per heavy atom. The van der Waals surface area contributed by atoms with Gasteiger partial charge in [0.05, 0.1) is 16.9 Å². The van der Waals surface area contributed by atoms with Gasteiger partial charge >= 0.3 is 0 Å². The fraction of sp³-hybridized carbons (Fsp3) is 0.240. The van der Waals surface area contributed by atoms with Crippen LogP contribution in [0.4, 0.5) is 0 Å². The first-order valence-corrected chi connectivity index (χ1v) is 10.7. The number of halogens is 1. The topological polar surface area (TPSA) is 55.2 Å². The summed E-state index contributed by atoms with van der Waals surface area (Å²) in [6, 6.07) is 18.3. The molecule has 6 heteroatoms. The SMILES string of the molecule is CCCN(C(=O)c1cccc2ccccc12)C(C)c1nc2cc(Cl)ccc2c(=O)n1C. The van der Waals surface area contributed by atoms with Gasteiger partial charge in [-0.1, -0.05) is 54.9 Å². The predicted octanol–water partition coefficient (Wildman–Crippen LogP) is 5.35. The van der Waals surface area contributed by atoms with Crippen LogP contribution in [0.3, 0.4) is 0 Å². The highest BCUT2D eigenvalue weighted by Crippen LogP contribution is 2.26. The summed E-state index contributed by atoms with van der Waals surface area (Å²) in [5.74, 6) is 0.452. The Kier molecular flexibility index (Phi) is 5.79. The van der Waals surface area contributed by atoms with Gasteiger partial charge < -0.3 is 4.90 Å². The predicted molar refractivity (Wildman–Crippen MR) is 126 cm³/mol. The summed E-state index contributed by atoms with van der Waals surface area (Å²) in [5, 5.41) is 2.95. The van der Waals surface area contributed by atoms with Crippen LogP contribution in [0.15, 0.2) is 65.5 Å².